The fourth-order valence-corrected chi connectivity index (χ4v) is 2.36. The maximum Gasteiger partial charge on any atom is 0.313 e. The molecule has 1 saturated carbocycles. The molecule has 0 aromatic rings. The Hall–Kier alpha value is -0.440. The highest BCUT2D eigenvalue weighted by molar-refractivity contribution is 7.82. The van der Waals surface area contributed by atoms with Gasteiger partial charge in [0.05, 0.1) is 5.41 Å². The first kappa shape index (κ1) is 8.17. The number of carbonyl (C=O) groups is 1. The van der Waals surface area contributed by atoms with Gasteiger partial charge in [-0.05, 0) is 25.7 Å². The fraction of sp³-hybridized carbons (Fsp3) is 0.667. The summed E-state index contributed by atoms with van der Waals surface area (Å²) in [5, 5.41) is 9.02. The molecule has 0 spiro atoms. The number of hydrogen-bond acceptors (Lipinski definition) is 2. The summed E-state index contributed by atoms with van der Waals surface area (Å²) < 4.78 is -0.00278. The van der Waals surface area contributed by atoms with Crippen molar-refractivity contribution in [3.05, 3.63) is 12.2 Å². The topological polar surface area (TPSA) is 37.3 Å². The molecule has 0 aromatic carbocycles. The third-order valence-corrected chi connectivity index (χ3v) is 3.74. The van der Waals surface area contributed by atoms with E-state index in [4.69, 9.17) is 5.11 Å². The van der Waals surface area contributed by atoms with E-state index >= 15 is 0 Å². The zero-order valence-electron chi connectivity index (χ0n) is 6.79. The Morgan fingerprint density at radius 1 is 1.25 bits per heavy atom. The Morgan fingerprint density at radius 2 is 1.83 bits per heavy atom. The van der Waals surface area contributed by atoms with Gasteiger partial charge in [-0.3, -0.25) is 4.79 Å². The number of hydrogen-bond donors (Lipinski definition) is 2. The van der Waals surface area contributed by atoms with E-state index in [0.717, 1.165) is 25.7 Å². The molecule has 0 aromatic heterocycles. The SMILES string of the molecule is O=C(O)C12C=CC(S)(CC1)CC2. The van der Waals surface area contributed by atoms with Gasteiger partial charge in [-0.2, -0.15) is 12.6 Å². The van der Waals surface area contributed by atoms with Gasteiger partial charge < -0.3 is 5.11 Å². The van der Waals surface area contributed by atoms with E-state index in [2.05, 4.69) is 12.6 Å². The number of rotatable bonds is 1. The fourth-order valence-electron chi connectivity index (χ4n) is 2.06. The molecule has 12 heavy (non-hydrogen) atoms. The third kappa shape index (κ3) is 0.993. The Kier molecular flexibility index (Phi) is 1.55. The summed E-state index contributed by atoms with van der Waals surface area (Å²) in [7, 11) is 0. The zero-order chi connectivity index (χ0) is 8.82. The second kappa shape index (κ2) is 2.28. The maximum absolute atomic E-state index is 11.0. The van der Waals surface area contributed by atoms with Gasteiger partial charge >= 0.3 is 5.97 Å². The lowest BCUT2D eigenvalue weighted by molar-refractivity contribution is -0.148. The lowest BCUT2D eigenvalue weighted by atomic mass is 9.65. The molecule has 0 aliphatic heterocycles. The molecule has 0 saturated heterocycles. The molecule has 0 amide bonds. The first-order valence-corrected chi connectivity index (χ1v) is 4.67. The molecule has 2 nitrogen and oxygen atoms in total. The average molecular weight is 184 g/mol. The quantitative estimate of drug-likeness (QED) is 0.482. The van der Waals surface area contributed by atoms with E-state index in [1.807, 2.05) is 12.2 Å². The largest absolute Gasteiger partial charge is 0.481 e. The van der Waals surface area contributed by atoms with Crippen LogP contribution in [0.1, 0.15) is 25.7 Å². The summed E-state index contributed by atoms with van der Waals surface area (Å²) in [4.78, 5) is 11.0. The molecule has 2 bridgehead atoms. The first-order chi connectivity index (χ1) is 5.56. The van der Waals surface area contributed by atoms with Crippen LogP contribution in [0, 0.1) is 5.41 Å². The van der Waals surface area contributed by atoms with Crippen LogP contribution in [0.4, 0.5) is 0 Å². The number of fused-ring (bicyclic) bond motifs is 2. The van der Waals surface area contributed by atoms with Gasteiger partial charge in [-0.15, -0.1) is 0 Å². The normalized spacial score (nSPS) is 44.8. The van der Waals surface area contributed by atoms with Crippen LogP contribution >= 0.6 is 12.6 Å². The van der Waals surface area contributed by atoms with Gasteiger partial charge in [0.1, 0.15) is 0 Å². The molecular formula is C9H12O2S. The highest BCUT2D eigenvalue weighted by Crippen LogP contribution is 2.50. The van der Waals surface area contributed by atoms with Gasteiger partial charge in [-0.1, -0.05) is 12.2 Å². The van der Waals surface area contributed by atoms with Crippen LogP contribution in [0.25, 0.3) is 0 Å². The van der Waals surface area contributed by atoms with E-state index in [1.165, 1.54) is 0 Å². The summed E-state index contributed by atoms with van der Waals surface area (Å²) in [6, 6.07) is 0. The molecule has 0 atom stereocenters. The van der Waals surface area contributed by atoms with E-state index in [9.17, 15) is 4.79 Å². The summed E-state index contributed by atoms with van der Waals surface area (Å²) in [5.41, 5.74) is -0.551. The minimum absolute atomic E-state index is 0.00278. The minimum atomic E-state index is -0.672. The monoisotopic (exact) mass is 184 g/mol. The van der Waals surface area contributed by atoms with Crippen LogP contribution in [0.2, 0.25) is 0 Å². The molecule has 0 radical (unpaired) electrons. The van der Waals surface area contributed by atoms with Crippen molar-refractivity contribution in [2.75, 3.05) is 0 Å². The van der Waals surface area contributed by atoms with Gasteiger partial charge in [-0.25, -0.2) is 0 Å². The molecule has 3 aliphatic rings. The molecule has 3 heteroatoms. The van der Waals surface area contributed by atoms with Crippen LogP contribution < -0.4 is 0 Å². The molecule has 3 aliphatic carbocycles. The summed E-state index contributed by atoms with van der Waals surface area (Å²) >= 11 is 4.51. The molecule has 0 unspecified atom stereocenters. The van der Waals surface area contributed by atoms with Crippen molar-refractivity contribution >= 4 is 18.6 Å². The summed E-state index contributed by atoms with van der Waals surface area (Å²) in [6.45, 7) is 0. The van der Waals surface area contributed by atoms with Crippen molar-refractivity contribution in [3.63, 3.8) is 0 Å². The van der Waals surface area contributed by atoms with Crippen molar-refractivity contribution in [1.29, 1.82) is 0 Å². The summed E-state index contributed by atoms with van der Waals surface area (Å²) in [6.07, 6.45) is 7.12. The Labute approximate surface area is 77.1 Å². The zero-order valence-corrected chi connectivity index (χ0v) is 7.68. The number of carboxylic acid groups (broad SMARTS) is 1. The molecule has 0 heterocycles. The third-order valence-electron chi connectivity index (χ3n) is 3.15. The standard InChI is InChI=1S/C9H12O2S/c10-7(11)8-1-4-9(12,5-2-8)6-3-8/h1,4,12H,2-3,5-6H2,(H,10,11). The number of aliphatic carboxylic acids is 1. The smallest absolute Gasteiger partial charge is 0.313 e. The van der Waals surface area contributed by atoms with Gasteiger partial charge in [0.15, 0.2) is 0 Å². The molecule has 1 fully saturated rings. The van der Waals surface area contributed by atoms with Crippen molar-refractivity contribution in [3.8, 4) is 0 Å². The van der Waals surface area contributed by atoms with Crippen LogP contribution in [0.3, 0.4) is 0 Å². The predicted molar refractivity (Wildman–Crippen MR) is 49.4 cm³/mol. The van der Waals surface area contributed by atoms with Gasteiger partial charge in [0, 0.05) is 4.75 Å². The van der Waals surface area contributed by atoms with E-state index in [0.29, 0.717) is 0 Å². The maximum atomic E-state index is 11.0. The second-order valence-corrected chi connectivity index (χ2v) is 4.79. The van der Waals surface area contributed by atoms with Crippen LogP contribution in [-0.4, -0.2) is 15.8 Å². The average Bonchev–Trinajstić information content (AvgIpc) is 2.06. The van der Waals surface area contributed by atoms with Crippen molar-refractivity contribution < 1.29 is 9.90 Å². The minimum Gasteiger partial charge on any atom is -0.481 e. The lowest BCUT2D eigenvalue weighted by Gasteiger charge is -2.44. The highest BCUT2D eigenvalue weighted by atomic mass is 32.1. The van der Waals surface area contributed by atoms with Crippen molar-refractivity contribution in [2.24, 2.45) is 5.41 Å². The van der Waals surface area contributed by atoms with Crippen molar-refractivity contribution in [2.45, 2.75) is 30.4 Å². The molecular weight excluding hydrogens is 172 g/mol. The highest BCUT2D eigenvalue weighted by Gasteiger charge is 2.47. The predicted octanol–water partition coefficient (Wildman–Crippen LogP) is 1.87. The van der Waals surface area contributed by atoms with Crippen LogP contribution in [-0.2, 0) is 4.79 Å². The van der Waals surface area contributed by atoms with E-state index < -0.39 is 11.4 Å². The summed E-state index contributed by atoms with van der Waals surface area (Å²) in [5.74, 6) is -0.672. The Morgan fingerprint density at radius 3 is 2.17 bits per heavy atom. The van der Waals surface area contributed by atoms with E-state index in [1.54, 1.807) is 0 Å². The lowest BCUT2D eigenvalue weighted by Crippen LogP contribution is -2.42. The Balaban J connectivity index is 2.34. The van der Waals surface area contributed by atoms with Crippen LogP contribution in [0.5, 0.6) is 0 Å². The van der Waals surface area contributed by atoms with Crippen molar-refractivity contribution in [1.82, 2.24) is 0 Å². The number of thiol groups is 1. The number of carboxylic acids is 1. The first-order valence-electron chi connectivity index (χ1n) is 4.23. The van der Waals surface area contributed by atoms with Crippen LogP contribution in [0.15, 0.2) is 12.2 Å². The molecule has 1 N–H and O–H groups in total. The second-order valence-electron chi connectivity index (χ2n) is 3.90. The molecule has 66 valence electrons. The van der Waals surface area contributed by atoms with E-state index in [-0.39, 0.29) is 4.75 Å². The van der Waals surface area contributed by atoms with Gasteiger partial charge in [0.2, 0.25) is 0 Å². The Bertz CT molecular complexity index is 249. The molecule has 3 rings (SSSR count). The van der Waals surface area contributed by atoms with Gasteiger partial charge in [0.25, 0.3) is 0 Å².